The summed E-state index contributed by atoms with van der Waals surface area (Å²) in [6, 6.07) is 23.0. The number of rotatable bonds is 6. The number of aromatic nitrogens is 2. The van der Waals surface area contributed by atoms with Crippen molar-refractivity contribution in [3.8, 4) is 11.5 Å². The van der Waals surface area contributed by atoms with Crippen LogP contribution < -0.4 is 14.9 Å². The lowest BCUT2D eigenvalue weighted by molar-refractivity contribution is 0.355. The van der Waals surface area contributed by atoms with Gasteiger partial charge in [0.05, 0.1) is 37.2 Å². The van der Waals surface area contributed by atoms with Gasteiger partial charge in [-0.05, 0) is 48.0 Å². The number of amidine groups is 1. The summed E-state index contributed by atoms with van der Waals surface area (Å²) in [7, 11) is 3.20. The van der Waals surface area contributed by atoms with E-state index in [1.165, 1.54) is 0 Å². The zero-order valence-corrected chi connectivity index (χ0v) is 16.7. The van der Waals surface area contributed by atoms with Crippen molar-refractivity contribution >= 4 is 28.8 Å². The molecule has 0 atom stereocenters. The Morgan fingerprint density at radius 3 is 2.47 bits per heavy atom. The molecule has 0 bridgehead atoms. The third kappa shape index (κ3) is 4.30. The molecule has 7 nitrogen and oxygen atoms in total. The SMILES string of the molecule is COc1ccc(/C=N\NC(=Nc2ccccc2)c2nc3ccccc3[nH]2)cc1OC. The second-order valence-corrected chi connectivity index (χ2v) is 6.38. The molecular weight excluding hydrogens is 378 g/mol. The fraction of sp³-hybridized carbons (Fsp3) is 0.0870. The smallest absolute Gasteiger partial charge is 0.190 e. The lowest BCUT2D eigenvalue weighted by Gasteiger charge is -2.07. The molecule has 0 saturated carbocycles. The summed E-state index contributed by atoms with van der Waals surface area (Å²) in [6.45, 7) is 0. The highest BCUT2D eigenvalue weighted by atomic mass is 16.5. The number of benzene rings is 3. The maximum atomic E-state index is 5.34. The van der Waals surface area contributed by atoms with Crippen LogP contribution in [-0.2, 0) is 0 Å². The van der Waals surface area contributed by atoms with Crippen molar-refractivity contribution in [1.82, 2.24) is 15.4 Å². The van der Waals surface area contributed by atoms with E-state index < -0.39 is 0 Å². The fourth-order valence-electron chi connectivity index (χ4n) is 2.93. The molecule has 4 rings (SSSR count). The fourth-order valence-corrected chi connectivity index (χ4v) is 2.93. The Bertz CT molecular complexity index is 1170. The predicted octanol–water partition coefficient (Wildman–Crippen LogP) is 4.28. The largest absolute Gasteiger partial charge is 0.493 e. The van der Waals surface area contributed by atoms with Gasteiger partial charge in [0.15, 0.2) is 23.2 Å². The van der Waals surface area contributed by atoms with Crippen molar-refractivity contribution in [2.45, 2.75) is 0 Å². The molecule has 30 heavy (non-hydrogen) atoms. The molecule has 0 spiro atoms. The first kappa shape index (κ1) is 19.2. The van der Waals surface area contributed by atoms with Crippen LogP contribution in [0.25, 0.3) is 11.0 Å². The van der Waals surface area contributed by atoms with Gasteiger partial charge in [-0.3, -0.25) is 5.43 Å². The van der Waals surface area contributed by atoms with Gasteiger partial charge < -0.3 is 14.5 Å². The van der Waals surface area contributed by atoms with Gasteiger partial charge in [-0.15, -0.1) is 0 Å². The number of imidazole rings is 1. The standard InChI is InChI=1S/C23H21N5O2/c1-29-20-13-12-16(14-21(20)30-2)15-24-28-23(25-17-8-4-3-5-9-17)22-26-18-10-6-7-11-19(18)27-22/h3-15H,1-2H3,(H,25,28)(H,26,27)/b24-15-. The van der Waals surface area contributed by atoms with E-state index in [2.05, 4.69) is 25.5 Å². The monoisotopic (exact) mass is 399 g/mol. The van der Waals surface area contributed by atoms with Gasteiger partial charge in [-0.25, -0.2) is 9.98 Å². The van der Waals surface area contributed by atoms with Crippen LogP contribution in [-0.4, -0.2) is 36.2 Å². The molecular formula is C23H21N5O2. The topological polar surface area (TPSA) is 83.9 Å². The number of hydrogen-bond donors (Lipinski definition) is 2. The van der Waals surface area contributed by atoms with E-state index in [0.29, 0.717) is 23.2 Å². The van der Waals surface area contributed by atoms with Crippen LogP contribution in [0.3, 0.4) is 0 Å². The molecule has 0 radical (unpaired) electrons. The van der Waals surface area contributed by atoms with E-state index in [1.807, 2.05) is 72.8 Å². The summed E-state index contributed by atoms with van der Waals surface area (Å²) in [5, 5.41) is 4.35. The van der Waals surface area contributed by atoms with Gasteiger partial charge in [0.2, 0.25) is 0 Å². The minimum Gasteiger partial charge on any atom is -0.493 e. The number of H-pyrrole nitrogens is 1. The molecule has 0 fully saturated rings. The first-order valence-corrected chi connectivity index (χ1v) is 9.37. The highest BCUT2D eigenvalue weighted by Gasteiger charge is 2.10. The number of nitrogens with one attached hydrogen (secondary N) is 2. The van der Waals surface area contributed by atoms with E-state index in [-0.39, 0.29) is 0 Å². The highest BCUT2D eigenvalue weighted by Crippen LogP contribution is 2.26. The molecule has 0 amide bonds. The molecule has 0 unspecified atom stereocenters. The normalized spacial score (nSPS) is 11.7. The minimum atomic E-state index is 0.508. The molecule has 2 N–H and O–H groups in total. The summed E-state index contributed by atoms with van der Waals surface area (Å²) >= 11 is 0. The molecule has 0 aliphatic carbocycles. The van der Waals surface area contributed by atoms with E-state index in [4.69, 9.17) is 9.47 Å². The molecule has 150 valence electrons. The van der Waals surface area contributed by atoms with Crippen LogP contribution in [0.4, 0.5) is 5.69 Å². The number of aliphatic imine (C=N–C) groups is 1. The Balaban J connectivity index is 1.63. The van der Waals surface area contributed by atoms with Crippen molar-refractivity contribution in [3.05, 3.63) is 84.2 Å². The van der Waals surface area contributed by atoms with Crippen molar-refractivity contribution in [2.24, 2.45) is 10.1 Å². The number of hydrogen-bond acceptors (Lipinski definition) is 5. The zero-order valence-electron chi connectivity index (χ0n) is 16.7. The second kappa shape index (κ2) is 8.91. The highest BCUT2D eigenvalue weighted by molar-refractivity contribution is 6.00. The molecule has 4 aromatic rings. The minimum absolute atomic E-state index is 0.508. The van der Waals surface area contributed by atoms with Crippen LogP contribution >= 0.6 is 0 Å². The van der Waals surface area contributed by atoms with Gasteiger partial charge in [-0.1, -0.05) is 30.3 Å². The quantitative estimate of drug-likeness (QED) is 0.288. The molecule has 0 aliphatic heterocycles. The van der Waals surface area contributed by atoms with E-state index in [1.54, 1.807) is 20.4 Å². The molecule has 0 aliphatic rings. The van der Waals surface area contributed by atoms with Gasteiger partial charge in [-0.2, -0.15) is 5.10 Å². The average Bonchev–Trinajstić information content (AvgIpc) is 3.23. The van der Waals surface area contributed by atoms with E-state index in [9.17, 15) is 0 Å². The summed E-state index contributed by atoms with van der Waals surface area (Å²) in [6.07, 6.45) is 1.69. The average molecular weight is 399 g/mol. The molecule has 0 saturated heterocycles. The van der Waals surface area contributed by atoms with Crippen molar-refractivity contribution in [1.29, 1.82) is 0 Å². The van der Waals surface area contributed by atoms with Gasteiger partial charge >= 0.3 is 0 Å². The number of fused-ring (bicyclic) bond motifs is 1. The molecule has 3 aromatic carbocycles. The number of methoxy groups -OCH3 is 2. The maximum Gasteiger partial charge on any atom is 0.190 e. The van der Waals surface area contributed by atoms with Crippen LogP contribution in [0.2, 0.25) is 0 Å². The molecule has 7 heteroatoms. The Morgan fingerprint density at radius 2 is 1.70 bits per heavy atom. The Labute approximate surface area is 174 Å². The number of ether oxygens (including phenoxy) is 2. The number of aromatic amines is 1. The number of hydrazone groups is 1. The first-order valence-electron chi connectivity index (χ1n) is 9.37. The van der Waals surface area contributed by atoms with Crippen LogP contribution in [0.1, 0.15) is 11.4 Å². The van der Waals surface area contributed by atoms with Crippen LogP contribution in [0.15, 0.2) is 82.9 Å². The van der Waals surface area contributed by atoms with Crippen LogP contribution in [0.5, 0.6) is 11.5 Å². The zero-order chi connectivity index (χ0) is 20.8. The van der Waals surface area contributed by atoms with E-state index in [0.717, 1.165) is 22.3 Å². The summed E-state index contributed by atoms with van der Waals surface area (Å²) < 4.78 is 10.6. The van der Waals surface area contributed by atoms with Gasteiger partial charge in [0, 0.05) is 0 Å². The maximum absolute atomic E-state index is 5.34. The molecule has 1 aromatic heterocycles. The Hall–Kier alpha value is -4.13. The number of nitrogens with zero attached hydrogens (tertiary/aromatic N) is 3. The number of para-hydroxylation sites is 3. The summed E-state index contributed by atoms with van der Waals surface area (Å²) in [4.78, 5) is 12.6. The van der Waals surface area contributed by atoms with Gasteiger partial charge in [0.1, 0.15) is 0 Å². The third-order valence-corrected chi connectivity index (χ3v) is 4.40. The van der Waals surface area contributed by atoms with Crippen LogP contribution in [0, 0.1) is 0 Å². The van der Waals surface area contributed by atoms with Gasteiger partial charge in [0.25, 0.3) is 0 Å². The van der Waals surface area contributed by atoms with E-state index >= 15 is 0 Å². The molecule has 1 heterocycles. The van der Waals surface area contributed by atoms with Crippen molar-refractivity contribution in [2.75, 3.05) is 14.2 Å². The summed E-state index contributed by atoms with van der Waals surface area (Å²) in [5.41, 5.74) is 6.45. The predicted molar refractivity (Wildman–Crippen MR) is 119 cm³/mol. The Kier molecular flexibility index (Phi) is 5.70. The second-order valence-electron chi connectivity index (χ2n) is 6.38. The lowest BCUT2D eigenvalue weighted by atomic mass is 10.2. The van der Waals surface area contributed by atoms with Crippen molar-refractivity contribution in [3.63, 3.8) is 0 Å². The Morgan fingerprint density at radius 1 is 0.933 bits per heavy atom. The third-order valence-electron chi connectivity index (χ3n) is 4.40. The summed E-state index contributed by atoms with van der Waals surface area (Å²) in [5.74, 6) is 2.41. The first-order chi connectivity index (χ1) is 14.8. The van der Waals surface area contributed by atoms with Crippen molar-refractivity contribution < 1.29 is 9.47 Å². The lowest BCUT2D eigenvalue weighted by Crippen LogP contribution is -2.20.